The van der Waals surface area contributed by atoms with Crippen molar-refractivity contribution in [2.24, 2.45) is 0 Å². The molecule has 3 N–H and O–H groups in total. The molecule has 0 spiro atoms. The van der Waals surface area contributed by atoms with Gasteiger partial charge in [-0.2, -0.15) is 0 Å². The Kier molecular flexibility index (Phi) is 10.0. The van der Waals surface area contributed by atoms with Gasteiger partial charge in [0.15, 0.2) is 0 Å². The van der Waals surface area contributed by atoms with Crippen LogP contribution >= 0.6 is 23.2 Å². The summed E-state index contributed by atoms with van der Waals surface area (Å²) in [4.78, 5) is 21.0. The number of halogens is 2. The van der Waals surface area contributed by atoms with Gasteiger partial charge in [-0.3, -0.25) is 14.9 Å². The van der Waals surface area contributed by atoms with Gasteiger partial charge in [0.05, 0.1) is 54.2 Å². The first-order valence-corrected chi connectivity index (χ1v) is 16.0. The average Bonchev–Trinajstić information content (AvgIpc) is 3.68. The molecule has 2 saturated heterocycles. The van der Waals surface area contributed by atoms with Crippen LogP contribution in [-0.2, 0) is 13.1 Å². The molecule has 0 saturated carbocycles. The highest BCUT2D eigenvalue weighted by Gasteiger charge is 2.24. The van der Waals surface area contributed by atoms with Gasteiger partial charge in [0.25, 0.3) is 0 Å². The minimum Gasteiger partial charge on any atom is -0.480 e. The molecule has 2 aromatic carbocycles. The number of ether oxygens (including phenoxy) is 2. The van der Waals surface area contributed by atoms with Gasteiger partial charge in [-0.15, -0.1) is 0 Å². The maximum Gasteiger partial charge on any atom is 0.237 e. The number of benzene rings is 2. The number of nitrogens with one attached hydrogen (secondary N) is 2. The van der Waals surface area contributed by atoms with Crippen molar-refractivity contribution >= 4 is 23.2 Å². The highest BCUT2D eigenvalue weighted by Crippen LogP contribution is 2.42. The van der Waals surface area contributed by atoms with Crippen molar-refractivity contribution in [3.63, 3.8) is 0 Å². The molecule has 2 aromatic heterocycles. The Morgan fingerprint density at radius 2 is 1.50 bits per heavy atom. The van der Waals surface area contributed by atoms with Crippen LogP contribution in [0.1, 0.15) is 30.7 Å². The summed E-state index contributed by atoms with van der Waals surface area (Å²) in [5.74, 6) is 0.861. The van der Waals surface area contributed by atoms with E-state index in [2.05, 4.69) is 32.1 Å². The average molecular weight is 663 g/mol. The second-order valence-corrected chi connectivity index (χ2v) is 12.3. The second-order valence-electron chi connectivity index (χ2n) is 11.5. The lowest BCUT2D eigenvalue weighted by atomic mass is 9.98. The topological polar surface area (TPSA) is 118 Å². The van der Waals surface area contributed by atoms with Gasteiger partial charge in [0.2, 0.25) is 11.8 Å². The number of rotatable bonds is 11. The fourth-order valence-electron chi connectivity index (χ4n) is 5.95. The molecular weight excluding hydrogens is 625 g/mol. The van der Waals surface area contributed by atoms with Gasteiger partial charge in [0, 0.05) is 66.7 Å². The van der Waals surface area contributed by atoms with E-state index in [4.69, 9.17) is 42.6 Å². The van der Waals surface area contributed by atoms with Gasteiger partial charge in [-0.05, 0) is 19.3 Å². The zero-order valence-corrected chi connectivity index (χ0v) is 27.4. The summed E-state index contributed by atoms with van der Waals surface area (Å²) in [5.41, 5.74) is 6.56. The molecule has 12 heteroatoms. The van der Waals surface area contributed by atoms with Crippen molar-refractivity contribution in [1.82, 2.24) is 35.5 Å². The number of hydrogen-bond acceptors (Lipinski definition) is 10. The van der Waals surface area contributed by atoms with E-state index in [-0.39, 0.29) is 6.10 Å². The summed E-state index contributed by atoms with van der Waals surface area (Å²) in [6, 6.07) is 11.8. The summed E-state index contributed by atoms with van der Waals surface area (Å²) in [6.07, 6.45) is 5.91. The van der Waals surface area contributed by atoms with E-state index in [0.717, 1.165) is 49.2 Å². The summed E-state index contributed by atoms with van der Waals surface area (Å²) in [7, 11) is 3.16. The Labute approximate surface area is 278 Å². The van der Waals surface area contributed by atoms with E-state index in [1.54, 1.807) is 26.6 Å². The third-order valence-electron chi connectivity index (χ3n) is 8.36. The van der Waals surface area contributed by atoms with Crippen molar-refractivity contribution in [1.29, 1.82) is 0 Å². The molecule has 240 valence electrons. The lowest BCUT2D eigenvalue weighted by Crippen LogP contribution is -2.33. The molecule has 2 fully saturated rings. The standard InChI is InChI=1S/C34H37Cl2N7O3/c1-20-10-11-21(40-20)14-37-15-29-33(45-2)41-27(16-38-29)25-8-4-6-23(31(25)35)24-7-5-9-26(32(24)36)28-17-39-30(34(42-28)46-3)19-43-13-12-22(44)18-43/h4-9,16-17,21-22,37,40,44H,1,10-15,18-19H2,2-3H3/t21-,22+/m0/s1. The number of hydrogen-bond donors (Lipinski definition) is 3. The van der Waals surface area contributed by atoms with Crippen LogP contribution in [0, 0.1) is 0 Å². The lowest BCUT2D eigenvalue weighted by Gasteiger charge is -2.17. The summed E-state index contributed by atoms with van der Waals surface area (Å²) in [6.45, 7) is 7.27. The molecule has 0 aliphatic carbocycles. The van der Waals surface area contributed by atoms with Crippen molar-refractivity contribution in [2.45, 2.75) is 44.5 Å². The molecule has 0 radical (unpaired) electrons. The zero-order chi connectivity index (χ0) is 32.2. The maximum atomic E-state index is 9.90. The monoisotopic (exact) mass is 661 g/mol. The van der Waals surface area contributed by atoms with Crippen LogP contribution in [-0.4, -0.2) is 75.9 Å². The molecule has 2 aliphatic rings. The number of nitrogens with zero attached hydrogens (tertiary/aromatic N) is 5. The van der Waals surface area contributed by atoms with Gasteiger partial charge in [-0.1, -0.05) is 66.2 Å². The second kappa shape index (κ2) is 14.3. The molecular formula is C34H37Cl2N7O3. The van der Waals surface area contributed by atoms with Crippen LogP contribution < -0.4 is 20.1 Å². The molecule has 6 rings (SSSR count). The minimum absolute atomic E-state index is 0.313. The van der Waals surface area contributed by atoms with Gasteiger partial charge >= 0.3 is 0 Å². The van der Waals surface area contributed by atoms with Crippen molar-refractivity contribution in [3.05, 3.63) is 82.5 Å². The predicted molar refractivity (Wildman–Crippen MR) is 180 cm³/mol. The van der Waals surface area contributed by atoms with Crippen LogP contribution in [0.15, 0.2) is 61.1 Å². The number of aromatic nitrogens is 4. The van der Waals surface area contributed by atoms with Crippen LogP contribution in [0.25, 0.3) is 33.6 Å². The van der Waals surface area contributed by atoms with E-state index in [9.17, 15) is 5.11 Å². The molecule has 0 bridgehead atoms. The molecule has 2 atom stereocenters. The third-order valence-corrected chi connectivity index (χ3v) is 9.17. The first kappa shape index (κ1) is 32.2. The number of methoxy groups -OCH3 is 2. The Hall–Kier alpha value is -3.80. The van der Waals surface area contributed by atoms with E-state index in [1.807, 2.05) is 36.4 Å². The number of aliphatic hydroxyl groups excluding tert-OH is 1. The first-order valence-electron chi connectivity index (χ1n) is 15.3. The van der Waals surface area contributed by atoms with Crippen molar-refractivity contribution in [2.75, 3.05) is 33.9 Å². The third kappa shape index (κ3) is 6.96. The Morgan fingerprint density at radius 1 is 0.913 bits per heavy atom. The quantitative estimate of drug-likeness (QED) is 0.190. The Bertz CT molecular complexity index is 1740. The summed E-state index contributed by atoms with van der Waals surface area (Å²) >= 11 is 14.1. The van der Waals surface area contributed by atoms with Crippen LogP contribution in [0.3, 0.4) is 0 Å². The number of aliphatic hydroxyl groups is 1. The van der Waals surface area contributed by atoms with Gasteiger partial charge in [0.1, 0.15) is 11.4 Å². The van der Waals surface area contributed by atoms with Gasteiger partial charge in [-0.25, -0.2) is 9.97 Å². The Balaban J connectivity index is 1.24. The van der Waals surface area contributed by atoms with E-state index >= 15 is 0 Å². The molecule has 46 heavy (non-hydrogen) atoms. The highest BCUT2D eigenvalue weighted by molar-refractivity contribution is 6.39. The fourth-order valence-corrected chi connectivity index (χ4v) is 6.60. The van der Waals surface area contributed by atoms with Crippen molar-refractivity contribution < 1.29 is 14.6 Å². The molecule has 4 heterocycles. The fraction of sp³-hybridized carbons (Fsp3) is 0.353. The van der Waals surface area contributed by atoms with E-state index < -0.39 is 0 Å². The zero-order valence-electron chi connectivity index (χ0n) is 25.9. The maximum absolute atomic E-state index is 9.90. The number of β-amino-alcohol motifs (C(OH)–C–C–N with tert-alkyl or cyclic N) is 1. The predicted octanol–water partition coefficient (Wildman–Crippen LogP) is 5.51. The summed E-state index contributed by atoms with van der Waals surface area (Å²) < 4.78 is 11.2. The van der Waals surface area contributed by atoms with Crippen LogP contribution in [0.5, 0.6) is 11.8 Å². The summed E-state index contributed by atoms with van der Waals surface area (Å²) in [5, 5.41) is 17.7. The lowest BCUT2D eigenvalue weighted by molar-refractivity contribution is 0.174. The van der Waals surface area contributed by atoms with Crippen LogP contribution in [0.2, 0.25) is 10.0 Å². The smallest absolute Gasteiger partial charge is 0.237 e. The SMILES string of the molecule is C=C1CC[C@@H](CNCc2ncc(-c3cccc(-c4cccc(-c5cnc(CN6CC[C@@H](O)C6)c(OC)n5)c4Cl)c3Cl)nc2OC)N1. The molecule has 10 nitrogen and oxygen atoms in total. The van der Waals surface area contributed by atoms with Gasteiger partial charge < -0.3 is 25.2 Å². The Morgan fingerprint density at radius 3 is 2.04 bits per heavy atom. The minimum atomic E-state index is -0.313. The normalized spacial score (nSPS) is 18.2. The molecule has 2 aliphatic heterocycles. The van der Waals surface area contributed by atoms with E-state index in [0.29, 0.717) is 81.4 Å². The molecule has 0 unspecified atom stereocenters. The molecule has 4 aromatic rings. The number of allylic oxidation sites excluding steroid dienone is 1. The first-order chi connectivity index (χ1) is 22.3. The largest absolute Gasteiger partial charge is 0.480 e. The van der Waals surface area contributed by atoms with Crippen molar-refractivity contribution in [3.8, 4) is 45.4 Å². The number of likely N-dealkylation sites (tertiary alicyclic amines) is 1. The molecule has 0 amide bonds. The highest BCUT2D eigenvalue weighted by atomic mass is 35.5. The van der Waals surface area contributed by atoms with Crippen LogP contribution in [0.4, 0.5) is 0 Å². The van der Waals surface area contributed by atoms with E-state index in [1.165, 1.54) is 0 Å².